The van der Waals surface area contributed by atoms with Gasteiger partial charge in [0.05, 0.1) is 21.7 Å². The largest absolute Gasteiger partial charge is 0.416 e. The third-order valence-electron chi connectivity index (χ3n) is 6.05. The molecule has 170 valence electrons. The summed E-state index contributed by atoms with van der Waals surface area (Å²) in [5.74, 6) is -0.357. The number of halogens is 4. The van der Waals surface area contributed by atoms with E-state index >= 15 is 0 Å². The minimum atomic E-state index is -4.55. The molecule has 6 nitrogen and oxygen atoms in total. The van der Waals surface area contributed by atoms with E-state index in [0.717, 1.165) is 36.6 Å². The van der Waals surface area contributed by atoms with E-state index in [1.165, 1.54) is 4.57 Å². The van der Waals surface area contributed by atoms with Crippen LogP contribution in [0.5, 0.6) is 0 Å². The van der Waals surface area contributed by atoms with Gasteiger partial charge < -0.3 is 5.32 Å². The zero-order chi connectivity index (χ0) is 23.0. The molecule has 32 heavy (non-hydrogen) atoms. The van der Waals surface area contributed by atoms with Crippen LogP contribution in [0.1, 0.15) is 41.6 Å². The SMILES string of the molecule is Cn1c(=O)n(C[C@H]2CC[C@H](NC(=O)c3cc(C(F)(F)F)ccc3Cl)CC2)c2cccnc21. The summed E-state index contributed by atoms with van der Waals surface area (Å²) in [6.45, 7) is 0.558. The predicted octanol–water partition coefficient (Wildman–Crippen LogP) is 4.40. The third kappa shape index (κ3) is 4.39. The van der Waals surface area contributed by atoms with Crippen LogP contribution in [0.2, 0.25) is 5.02 Å². The van der Waals surface area contributed by atoms with Crippen LogP contribution in [0, 0.1) is 5.92 Å². The quantitative estimate of drug-likeness (QED) is 0.619. The number of pyridine rings is 1. The Bertz CT molecular complexity index is 1210. The van der Waals surface area contributed by atoms with E-state index in [9.17, 15) is 22.8 Å². The summed E-state index contributed by atoms with van der Waals surface area (Å²) in [5.41, 5.74) is 0.212. The molecule has 1 aromatic carbocycles. The van der Waals surface area contributed by atoms with Gasteiger partial charge in [0, 0.05) is 25.8 Å². The number of amides is 1. The maximum Gasteiger partial charge on any atom is 0.416 e. The smallest absolute Gasteiger partial charge is 0.349 e. The lowest BCUT2D eigenvalue weighted by Gasteiger charge is -2.29. The summed E-state index contributed by atoms with van der Waals surface area (Å²) in [6.07, 6.45) is 0.00771. The van der Waals surface area contributed by atoms with Crippen molar-refractivity contribution in [1.82, 2.24) is 19.4 Å². The number of hydrogen-bond donors (Lipinski definition) is 1. The lowest BCUT2D eigenvalue weighted by atomic mass is 9.85. The summed E-state index contributed by atoms with van der Waals surface area (Å²) >= 11 is 5.97. The molecule has 1 fully saturated rings. The van der Waals surface area contributed by atoms with E-state index in [2.05, 4.69) is 10.3 Å². The van der Waals surface area contributed by atoms with Crippen LogP contribution >= 0.6 is 11.6 Å². The first-order chi connectivity index (χ1) is 15.1. The van der Waals surface area contributed by atoms with E-state index < -0.39 is 17.6 Å². The zero-order valence-corrected chi connectivity index (χ0v) is 18.1. The number of carbonyl (C=O) groups excluding carboxylic acids is 1. The van der Waals surface area contributed by atoms with Crippen molar-refractivity contribution in [3.63, 3.8) is 0 Å². The maximum atomic E-state index is 13.0. The van der Waals surface area contributed by atoms with E-state index in [1.54, 1.807) is 23.9 Å². The highest BCUT2D eigenvalue weighted by Gasteiger charge is 2.32. The Balaban J connectivity index is 1.40. The van der Waals surface area contributed by atoms with E-state index in [4.69, 9.17) is 11.6 Å². The van der Waals surface area contributed by atoms with Gasteiger partial charge >= 0.3 is 11.9 Å². The number of aryl methyl sites for hydroxylation is 1. The summed E-state index contributed by atoms with van der Waals surface area (Å²) in [7, 11) is 1.69. The molecule has 1 saturated carbocycles. The minimum absolute atomic E-state index is 0.0203. The number of imidazole rings is 1. The topological polar surface area (TPSA) is 68.9 Å². The Morgan fingerprint density at radius 1 is 1.22 bits per heavy atom. The Labute approximate surface area is 187 Å². The molecule has 0 unspecified atom stereocenters. The fourth-order valence-electron chi connectivity index (χ4n) is 4.30. The second-order valence-corrected chi connectivity index (χ2v) is 8.59. The van der Waals surface area contributed by atoms with Crippen molar-refractivity contribution in [2.75, 3.05) is 0 Å². The molecule has 0 atom stereocenters. The van der Waals surface area contributed by atoms with Crippen LogP contribution < -0.4 is 11.0 Å². The Morgan fingerprint density at radius 3 is 2.62 bits per heavy atom. The Morgan fingerprint density at radius 2 is 1.94 bits per heavy atom. The van der Waals surface area contributed by atoms with E-state index in [1.807, 2.05) is 6.07 Å². The average Bonchev–Trinajstić information content (AvgIpc) is 2.99. The number of nitrogens with one attached hydrogen (secondary N) is 1. The number of fused-ring (bicyclic) bond motifs is 1. The highest BCUT2D eigenvalue weighted by molar-refractivity contribution is 6.33. The van der Waals surface area contributed by atoms with Crippen LogP contribution in [0.15, 0.2) is 41.3 Å². The summed E-state index contributed by atoms with van der Waals surface area (Å²) in [6, 6.07) is 6.24. The molecule has 1 N–H and O–H groups in total. The van der Waals surface area contributed by atoms with Crippen molar-refractivity contribution in [2.45, 2.75) is 44.4 Å². The zero-order valence-electron chi connectivity index (χ0n) is 17.3. The Kier molecular flexibility index (Phi) is 6.03. The van der Waals surface area contributed by atoms with Crippen LogP contribution in [-0.2, 0) is 19.8 Å². The first-order valence-electron chi connectivity index (χ1n) is 10.3. The van der Waals surface area contributed by atoms with Crippen molar-refractivity contribution in [3.05, 3.63) is 63.2 Å². The fourth-order valence-corrected chi connectivity index (χ4v) is 4.50. The van der Waals surface area contributed by atoms with E-state index in [0.29, 0.717) is 25.0 Å². The summed E-state index contributed by atoms with van der Waals surface area (Å²) in [4.78, 5) is 29.4. The van der Waals surface area contributed by atoms with Gasteiger partial charge in [0.15, 0.2) is 5.65 Å². The summed E-state index contributed by atoms with van der Waals surface area (Å²) in [5, 5.41) is 2.79. The molecular weight excluding hydrogens is 445 g/mol. The standard InChI is InChI=1S/C22H22ClF3N4O2/c1-29-19-18(3-2-10-27-19)30(21(29)32)12-13-4-7-15(8-5-13)28-20(31)16-11-14(22(24,25)26)6-9-17(16)23/h2-3,6,9-11,13,15H,4-5,7-8,12H2,1H3,(H,28,31)/t13-,15-. The predicted molar refractivity (Wildman–Crippen MR) is 115 cm³/mol. The van der Waals surface area contributed by atoms with Crippen molar-refractivity contribution in [3.8, 4) is 0 Å². The third-order valence-corrected chi connectivity index (χ3v) is 6.38. The molecule has 1 aliphatic rings. The first-order valence-corrected chi connectivity index (χ1v) is 10.7. The van der Waals surface area contributed by atoms with Crippen molar-refractivity contribution in [2.24, 2.45) is 13.0 Å². The highest BCUT2D eigenvalue weighted by atomic mass is 35.5. The molecule has 2 heterocycles. The van der Waals surface area contributed by atoms with Gasteiger partial charge in [-0.25, -0.2) is 9.78 Å². The normalized spacial score (nSPS) is 19.3. The van der Waals surface area contributed by atoms with Gasteiger partial charge in [-0.1, -0.05) is 11.6 Å². The van der Waals surface area contributed by atoms with Crippen LogP contribution in [0.4, 0.5) is 13.2 Å². The first kappa shape index (κ1) is 22.4. The molecule has 0 spiro atoms. The number of nitrogens with zero attached hydrogens (tertiary/aromatic N) is 3. The number of alkyl halides is 3. The lowest BCUT2D eigenvalue weighted by molar-refractivity contribution is -0.137. The van der Waals surface area contributed by atoms with Gasteiger partial charge in [0.25, 0.3) is 5.91 Å². The van der Waals surface area contributed by atoms with Crippen molar-refractivity contribution in [1.29, 1.82) is 0 Å². The van der Waals surface area contributed by atoms with Gasteiger partial charge in [0.2, 0.25) is 0 Å². The van der Waals surface area contributed by atoms with Crippen molar-refractivity contribution >= 4 is 28.7 Å². The van der Waals surface area contributed by atoms with Gasteiger partial charge in [-0.3, -0.25) is 13.9 Å². The fraction of sp³-hybridized carbons (Fsp3) is 0.409. The number of rotatable bonds is 4. The number of aromatic nitrogens is 3. The molecule has 0 aliphatic heterocycles. The average molecular weight is 467 g/mol. The number of hydrogen-bond acceptors (Lipinski definition) is 3. The molecule has 0 radical (unpaired) electrons. The Hall–Kier alpha value is -2.81. The molecule has 1 aliphatic carbocycles. The van der Waals surface area contributed by atoms with Crippen molar-refractivity contribution < 1.29 is 18.0 Å². The molecular formula is C22H22ClF3N4O2. The number of carbonyl (C=O) groups is 1. The van der Waals surface area contributed by atoms with Crippen LogP contribution in [0.3, 0.4) is 0 Å². The second kappa shape index (κ2) is 8.61. The lowest BCUT2D eigenvalue weighted by Crippen LogP contribution is -2.38. The maximum absolute atomic E-state index is 13.0. The summed E-state index contributed by atoms with van der Waals surface area (Å²) < 4.78 is 42.2. The molecule has 1 amide bonds. The molecule has 3 aromatic rings. The number of benzene rings is 1. The van der Waals surface area contributed by atoms with Gasteiger partial charge in [-0.05, 0) is 61.9 Å². The van der Waals surface area contributed by atoms with Gasteiger partial charge in [-0.15, -0.1) is 0 Å². The van der Waals surface area contributed by atoms with E-state index in [-0.39, 0.29) is 28.2 Å². The van der Waals surface area contributed by atoms with Crippen LogP contribution in [-0.4, -0.2) is 26.1 Å². The molecule has 4 rings (SSSR count). The molecule has 2 aromatic heterocycles. The van der Waals surface area contributed by atoms with Gasteiger partial charge in [0.1, 0.15) is 0 Å². The molecule has 0 saturated heterocycles. The highest BCUT2D eigenvalue weighted by Crippen LogP contribution is 2.32. The second-order valence-electron chi connectivity index (χ2n) is 8.18. The minimum Gasteiger partial charge on any atom is -0.349 e. The van der Waals surface area contributed by atoms with Crippen LogP contribution in [0.25, 0.3) is 11.2 Å². The van der Waals surface area contributed by atoms with Gasteiger partial charge in [-0.2, -0.15) is 13.2 Å². The molecule has 0 bridgehead atoms. The molecule has 10 heteroatoms. The monoisotopic (exact) mass is 466 g/mol.